The summed E-state index contributed by atoms with van der Waals surface area (Å²) >= 11 is 0. The number of ether oxygens (including phenoxy) is 1. The van der Waals surface area contributed by atoms with Crippen molar-refractivity contribution in [3.05, 3.63) is 58.7 Å². The van der Waals surface area contributed by atoms with E-state index in [9.17, 15) is 9.90 Å². The summed E-state index contributed by atoms with van der Waals surface area (Å²) in [4.78, 5) is 23.3. The summed E-state index contributed by atoms with van der Waals surface area (Å²) in [5.74, 6) is 0.773. The van der Waals surface area contributed by atoms with E-state index >= 15 is 0 Å². The number of hydrogen-bond donors (Lipinski definition) is 2. The lowest BCUT2D eigenvalue weighted by molar-refractivity contribution is -0.0316. The molecule has 0 bridgehead atoms. The normalized spacial score (nSPS) is 17.8. The average molecular weight is 382 g/mol. The van der Waals surface area contributed by atoms with Crippen LogP contribution in [0.25, 0.3) is 0 Å². The van der Waals surface area contributed by atoms with E-state index in [2.05, 4.69) is 32.3 Å². The molecule has 148 valence electrons. The fraction of sp³-hybridized carbons (Fsp3) is 0.476. The van der Waals surface area contributed by atoms with Gasteiger partial charge in [0.2, 0.25) is 0 Å². The molecule has 2 aliphatic rings. The fourth-order valence-corrected chi connectivity index (χ4v) is 3.75. The van der Waals surface area contributed by atoms with E-state index in [0.29, 0.717) is 24.0 Å². The highest BCUT2D eigenvalue weighted by molar-refractivity contribution is 5.92. The van der Waals surface area contributed by atoms with Gasteiger partial charge >= 0.3 is 0 Å². The second-order valence-electron chi connectivity index (χ2n) is 7.70. The highest BCUT2D eigenvalue weighted by Gasteiger charge is 2.22. The number of aryl methyl sites for hydroxylation is 1. The summed E-state index contributed by atoms with van der Waals surface area (Å²) in [6.45, 7) is 5.66. The van der Waals surface area contributed by atoms with Crippen LogP contribution in [0.4, 0.5) is 0 Å². The molecule has 3 heterocycles. The van der Waals surface area contributed by atoms with Crippen LogP contribution in [0, 0.1) is 12.8 Å². The van der Waals surface area contributed by atoms with Crippen LogP contribution in [0.2, 0.25) is 0 Å². The number of nitrogens with zero attached hydrogens (tertiary/aromatic N) is 3. The minimum absolute atomic E-state index is 0.195. The molecule has 0 radical (unpaired) electrons. The highest BCUT2D eigenvalue weighted by atomic mass is 16.5. The van der Waals surface area contributed by atoms with Gasteiger partial charge in [-0.15, -0.1) is 0 Å². The summed E-state index contributed by atoms with van der Waals surface area (Å²) < 4.78 is 5.20. The lowest BCUT2D eigenvalue weighted by atomic mass is 10.0. The number of rotatable bonds is 7. The van der Waals surface area contributed by atoms with E-state index in [1.54, 1.807) is 13.0 Å². The van der Waals surface area contributed by atoms with Crippen LogP contribution >= 0.6 is 0 Å². The van der Waals surface area contributed by atoms with Gasteiger partial charge in [-0.2, -0.15) is 0 Å². The number of carbonyl (C=O) groups excluding carboxylic acids is 1. The smallest absolute Gasteiger partial charge is 0.270 e. The maximum atomic E-state index is 12.5. The van der Waals surface area contributed by atoms with E-state index in [-0.39, 0.29) is 12.5 Å². The Balaban J connectivity index is 1.28. The Bertz CT molecular complexity index is 828. The zero-order valence-corrected chi connectivity index (χ0v) is 16.1. The molecule has 1 atom stereocenters. The van der Waals surface area contributed by atoms with Crippen LogP contribution in [0.5, 0.6) is 0 Å². The number of carbonyl (C=O) groups is 1. The first-order chi connectivity index (χ1) is 13.6. The molecule has 2 aromatic rings. The number of benzene rings is 1. The second kappa shape index (κ2) is 8.34. The number of fused-ring (bicyclic) bond motifs is 1. The molecule has 0 unspecified atom stereocenters. The van der Waals surface area contributed by atoms with Gasteiger partial charge in [-0.3, -0.25) is 9.69 Å². The van der Waals surface area contributed by atoms with Crippen LogP contribution in [-0.4, -0.2) is 58.3 Å². The molecule has 1 fully saturated rings. The van der Waals surface area contributed by atoms with Crippen LogP contribution in [0.3, 0.4) is 0 Å². The van der Waals surface area contributed by atoms with E-state index in [1.165, 1.54) is 11.1 Å². The number of aliphatic hydroxyl groups excluding tert-OH is 1. The molecular formula is C21H26N4O3. The number of amides is 1. The largest absolute Gasteiger partial charge is 0.390 e. The molecule has 1 aromatic heterocycles. The van der Waals surface area contributed by atoms with Crippen molar-refractivity contribution < 1.29 is 14.6 Å². The SMILES string of the molecule is Cc1nc(CC2COC2)cc(C(=O)NC[C@H](O)CN2Cc3ccccc3C2)n1. The quantitative estimate of drug-likeness (QED) is 0.745. The Morgan fingerprint density at radius 3 is 2.64 bits per heavy atom. The van der Waals surface area contributed by atoms with E-state index in [4.69, 9.17) is 4.74 Å². The van der Waals surface area contributed by atoms with Crippen molar-refractivity contribution >= 4 is 5.91 Å². The molecule has 0 saturated carbocycles. The van der Waals surface area contributed by atoms with Crippen LogP contribution < -0.4 is 5.32 Å². The molecule has 4 rings (SSSR count). The summed E-state index contributed by atoms with van der Waals surface area (Å²) in [5.41, 5.74) is 3.82. The minimum Gasteiger partial charge on any atom is -0.390 e. The molecule has 2 N–H and O–H groups in total. The van der Waals surface area contributed by atoms with Gasteiger partial charge in [-0.05, 0) is 30.5 Å². The number of aromatic nitrogens is 2. The predicted octanol–water partition coefficient (Wildman–Crippen LogP) is 1.08. The monoisotopic (exact) mass is 382 g/mol. The fourth-order valence-electron chi connectivity index (χ4n) is 3.75. The molecule has 1 aromatic carbocycles. The molecule has 0 aliphatic carbocycles. The van der Waals surface area contributed by atoms with Gasteiger partial charge in [0.15, 0.2) is 0 Å². The molecule has 7 heteroatoms. The van der Waals surface area contributed by atoms with Gasteiger partial charge in [-0.1, -0.05) is 24.3 Å². The Morgan fingerprint density at radius 1 is 1.29 bits per heavy atom. The standard InChI is InChI=1S/C21H26N4O3/c1-14-23-18(6-15-12-28-13-15)7-20(24-14)21(27)22-8-19(26)11-25-9-16-4-2-3-5-17(16)10-25/h2-5,7,15,19,26H,6,8-13H2,1H3,(H,22,27)/t19-/m0/s1. The first-order valence-corrected chi connectivity index (χ1v) is 9.74. The lowest BCUT2D eigenvalue weighted by Crippen LogP contribution is -2.38. The van der Waals surface area contributed by atoms with Crippen molar-refractivity contribution in [2.75, 3.05) is 26.3 Å². The highest BCUT2D eigenvalue weighted by Crippen LogP contribution is 2.22. The summed E-state index contributed by atoms with van der Waals surface area (Å²) in [5, 5.41) is 13.1. The van der Waals surface area contributed by atoms with Gasteiger partial charge in [0.05, 0.1) is 19.3 Å². The Morgan fingerprint density at radius 2 is 2.00 bits per heavy atom. The van der Waals surface area contributed by atoms with Gasteiger partial charge in [0, 0.05) is 37.8 Å². The Labute approximate surface area is 164 Å². The number of β-amino-alcohol motifs (C(OH)–C–C–N with tert-alkyl or cyclic N) is 1. The van der Waals surface area contributed by atoms with Crippen molar-refractivity contribution in [2.45, 2.75) is 32.5 Å². The second-order valence-corrected chi connectivity index (χ2v) is 7.70. The third-order valence-corrected chi connectivity index (χ3v) is 5.20. The Hall–Kier alpha value is -2.35. The molecule has 28 heavy (non-hydrogen) atoms. The predicted molar refractivity (Wildman–Crippen MR) is 104 cm³/mol. The first kappa shape index (κ1) is 19.0. The zero-order chi connectivity index (χ0) is 19.5. The molecule has 1 saturated heterocycles. The molecule has 0 spiro atoms. The summed E-state index contributed by atoms with van der Waals surface area (Å²) in [7, 11) is 0. The number of nitrogens with one attached hydrogen (secondary N) is 1. The van der Waals surface area contributed by atoms with E-state index < -0.39 is 6.10 Å². The van der Waals surface area contributed by atoms with Gasteiger partial charge in [0.25, 0.3) is 5.91 Å². The third-order valence-electron chi connectivity index (χ3n) is 5.20. The van der Waals surface area contributed by atoms with E-state index in [0.717, 1.165) is 38.4 Å². The summed E-state index contributed by atoms with van der Waals surface area (Å²) in [6.07, 6.45) is 0.162. The number of hydrogen-bond acceptors (Lipinski definition) is 6. The van der Waals surface area contributed by atoms with Gasteiger partial charge < -0.3 is 15.2 Å². The molecule has 2 aliphatic heterocycles. The van der Waals surface area contributed by atoms with Crippen LogP contribution in [0.15, 0.2) is 30.3 Å². The molecular weight excluding hydrogens is 356 g/mol. The average Bonchev–Trinajstić information content (AvgIpc) is 3.04. The first-order valence-electron chi connectivity index (χ1n) is 9.74. The van der Waals surface area contributed by atoms with Crippen molar-refractivity contribution in [3.63, 3.8) is 0 Å². The van der Waals surface area contributed by atoms with Crippen LogP contribution in [-0.2, 0) is 24.2 Å². The van der Waals surface area contributed by atoms with Crippen LogP contribution in [0.1, 0.15) is 33.1 Å². The van der Waals surface area contributed by atoms with Gasteiger partial charge in [-0.25, -0.2) is 9.97 Å². The lowest BCUT2D eigenvalue weighted by Gasteiger charge is -2.25. The van der Waals surface area contributed by atoms with Crippen molar-refractivity contribution in [2.24, 2.45) is 5.92 Å². The molecule has 1 amide bonds. The molecule has 7 nitrogen and oxygen atoms in total. The summed E-state index contributed by atoms with van der Waals surface area (Å²) in [6, 6.07) is 10.1. The van der Waals surface area contributed by atoms with Crippen molar-refractivity contribution in [1.82, 2.24) is 20.2 Å². The van der Waals surface area contributed by atoms with Gasteiger partial charge in [0.1, 0.15) is 11.5 Å². The third kappa shape index (κ3) is 4.55. The topological polar surface area (TPSA) is 87.6 Å². The van der Waals surface area contributed by atoms with Crippen molar-refractivity contribution in [3.8, 4) is 0 Å². The maximum absolute atomic E-state index is 12.5. The zero-order valence-electron chi connectivity index (χ0n) is 16.1. The minimum atomic E-state index is -0.632. The van der Waals surface area contributed by atoms with Crippen molar-refractivity contribution in [1.29, 1.82) is 0 Å². The Kier molecular flexibility index (Phi) is 5.66. The maximum Gasteiger partial charge on any atom is 0.270 e. The number of aliphatic hydroxyl groups is 1. The van der Waals surface area contributed by atoms with E-state index in [1.807, 2.05) is 12.1 Å².